The number of hydrogen-bond donors (Lipinski definition) is 2. The Bertz CT molecular complexity index is 1050. The Morgan fingerprint density at radius 1 is 1.32 bits per heavy atom. The minimum atomic E-state index is -1.08. The molecule has 3 aromatic rings. The van der Waals surface area contributed by atoms with Crippen molar-refractivity contribution in [2.24, 2.45) is 0 Å². The fourth-order valence-corrected chi connectivity index (χ4v) is 3.58. The summed E-state index contributed by atoms with van der Waals surface area (Å²) in [5.74, 6) is -0.846. The Morgan fingerprint density at radius 2 is 2.08 bits per heavy atom. The minimum absolute atomic E-state index is 0.0215. The normalized spacial score (nSPS) is 10.6. The second-order valence-corrected chi connectivity index (χ2v) is 6.62. The number of rotatable bonds is 4. The molecule has 7 nitrogen and oxygen atoms in total. The van der Waals surface area contributed by atoms with Crippen LogP contribution in [-0.4, -0.2) is 27.7 Å². The standard InChI is InChI=1S/C15H8Cl2N4O3S/c16-8-5-9(17)10(24-2-1-18)3-6(8)12-7-4-11(14(22)23)25-13(7)21-15(19)20-12/h3-5H,2H2,(H,22,23)(H2,19,20,21). The average molecular weight is 395 g/mol. The van der Waals surface area contributed by atoms with Crippen LogP contribution in [0.3, 0.4) is 0 Å². The first-order chi connectivity index (χ1) is 11.9. The molecule has 1 aromatic carbocycles. The van der Waals surface area contributed by atoms with Crippen LogP contribution >= 0.6 is 34.5 Å². The molecule has 3 rings (SSSR count). The van der Waals surface area contributed by atoms with Crippen LogP contribution in [0.15, 0.2) is 18.2 Å². The first-order valence-electron chi connectivity index (χ1n) is 6.70. The van der Waals surface area contributed by atoms with Crippen molar-refractivity contribution in [2.45, 2.75) is 0 Å². The van der Waals surface area contributed by atoms with E-state index in [9.17, 15) is 9.90 Å². The van der Waals surface area contributed by atoms with Gasteiger partial charge < -0.3 is 15.6 Å². The number of anilines is 1. The zero-order chi connectivity index (χ0) is 18.1. The summed E-state index contributed by atoms with van der Waals surface area (Å²) < 4.78 is 5.27. The van der Waals surface area contributed by atoms with Crippen LogP contribution in [0, 0.1) is 11.3 Å². The maximum atomic E-state index is 11.2. The second kappa shape index (κ2) is 6.72. The number of nitrogens with zero attached hydrogens (tertiary/aromatic N) is 3. The molecule has 0 atom stereocenters. The fourth-order valence-electron chi connectivity index (χ4n) is 2.18. The highest BCUT2D eigenvalue weighted by atomic mass is 35.5. The molecule has 0 saturated carbocycles. The number of halogens is 2. The van der Waals surface area contributed by atoms with Gasteiger partial charge in [-0.2, -0.15) is 5.26 Å². The van der Waals surface area contributed by atoms with Gasteiger partial charge in [0.2, 0.25) is 5.95 Å². The van der Waals surface area contributed by atoms with Gasteiger partial charge in [-0.05, 0) is 18.2 Å². The molecule has 0 aliphatic carbocycles. The van der Waals surface area contributed by atoms with Gasteiger partial charge in [0.1, 0.15) is 21.5 Å². The summed E-state index contributed by atoms with van der Waals surface area (Å²) in [6, 6.07) is 6.29. The number of thiophene rings is 1. The van der Waals surface area contributed by atoms with Crippen molar-refractivity contribution in [3.63, 3.8) is 0 Å². The lowest BCUT2D eigenvalue weighted by Gasteiger charge is -2.10. The van der Waals surface area contributed by atoms with Crippen LogP contribution in [0.1, 0.15) is 9.67 Å². The Kier molecular flexibility index (Phi) is 4.63. The number of carboxylic acids is 1. The van der Waals surface area contributed by atoms with Crippen molar-refractivity contribution in [1.82, 2.24) is 9.97 Å². The molecule has 0 bridgehead atoms. The Morgan fingerprint density at radius 3 is 2.76 bits per heavy atom. The molecule has 3 N–H and O–H groups in total. The van der Waals surface area contributed by atoms with Crippen molar-refractivity contribution < 1.29 is 14.6 Å². The number of aromatic carboxylic acids is 1. The number of nitrogens with two attached hydrogens (primary N) is 1. The molecule has 0 saturated heterocycles. The molecule has 25 heavy (non-hydrogen) atoms. The number of benzene rings is 1. The molecule has 0 unspecified atom stereocenters. The number of ether oxygens (including phenoxy) is 1. The van der Waals surface area contributed by atoms with Crippen molar-refractivity contribution in [2.75, 3.05) is 12.3 Å². The summed E-state index contributed by atoms with van der Waals surface area (Å²) >= 11 is 13.3. The van der Waals surface area contributed by atoms with E-state index < -0.39 is 5.97 Å². The van der Waals surface area contributed by atoms with Gasteiger partial charge >= 0.3 is 5.97 Å². The van der Waals surface area contributed by atoms with Crippen molar-refractivity contribution in [3.8, 4) is 23.1 Å². The molecule has 0 spiro atoms. The van der Waals surface area contributed by atoms with E-state index in [0.29, 0.717) is 21.5 Å². The lowest BCUT2D eigenvalue weighted by molar-refractivity contribution is 0.0702. The SMILES string of the molecule is N#CCOc1cc(-c2nc(N)nc3sc(C(=O)O)cc23)c(Cl)cc1Cl. The monoisotopic (exact) mass is 394 g/mol. The molecule has 0 fully saturated rings. The van der Waals surface area contributed by atoms with E-state index in [-0.39, 0.29) is 33.2 Å². The van der Waals surface area contributed by atoms with E-state index in [1.54, 1.807) is 0 Å². The molecule has 0 radical (unpaired) electrons. The number of carbonyl (C=O) groups is 1. The topological polar surface area (TPSA) is 122 Å². The largest absolute Gasteiger partial charge is 0.477 e. The molecule has 0 aliphatic heterocycles. The molecular formula is C15H8Cl2N4O3S. The number of fused-ring (bicyclic) bond motifs is 1. The summed E-state index contributed by atoms with van der Waals surface area (Å²) in [5, 5.41) is 18.8. The van der Waals surface area contributed by atoms with E-state index in [0.717, 1.165) is 11.3 Å². The number of carboxylic acid groups (broad SMARTS) is 1. The van der Waals surface area contributed by atoms with E-state index in [1.165, 1.54) is 18.2 Å². The van der Waals surface area contributed by atoms with Crippen LogP contribution in [-0.2, 0) is 0 Å². The maximum absolute atomic E-state index is 11.2. The van der Waals surface area contributed by atoms with Gasteiger partial charge in [-0.15, -0.1) is 11.3 Å². The highest BCUT2D eigenvalue weighted by molar-refractivity contribution is 7.20. The van der Waals surface area contributed by atoms with Gasteiger partial charge in [0, 0.05) is 10.9 Å². The van der Waals surface area contributed by atoms with Crippen LogP contribution in [0.4, 0.5) is 5.95 Å². The van der Waals surface area contributed by atoms with Crippen molar-refractivity contribution in [1.29, 1.82) is 5.26 Å². The Hall–Kier alpha value is -2.60. The molecule has 126 valence electrons. The number of aromatic nitrogens is 2. The first-order valence-corrected chi connectivity index (χ1v) is 8.27. The highest BCUT2D eigenvalue weighted by Crippen LogP contribution is 2.40. The van der Waals surface area contributed by atoms with Gasteiger partial charge in [-0.3, -0.25) is 0 Å². The lowest BCUT2D eigenvalue weighted by atomic mass is 10.1. The van der Waals surface area contributed by atoms with Gasteiger partial charge in [-0.1, -0.05) is 23.2 Å². The quantitative estimate of drug-likeness (QED) is 0.688. The van der Waals surface area contributed by atoms with Gasteiger partial charge in [0.25, 0.3) is 0 Å². The summed E-state index contributed by atoms with van der Waals surface area (Å²) in [6.07, 6.45) is 0. The predicted octanol–water partition coefficient (Wildman–Crippen LogP) is 3.85. The smallest absolute Gasteiger partial charge is 0.345 e. The Labute approximate surface area is 155 Å². The molecule has 10 heteroatoms. The summed E-state index contributed by atoms with van der Waals surface area (Å²) in [6.45, 7) is -0.191. The van der Waals surface area contributed by atoms with E-state index in [1.807, 2.05) is 6.07 Å². The molecule has 0 amide bonds. The highest BCUT2D eigenvalue weighted by Gasteiger charge is 2.19. The van der Waals surface area contributed by atoms with Gasteiger partial charge in [0.05, 0.1) is 15.7 Å². The fraction of sp³-hybridized carbons (Fsp3) is 0.0667. The van der Waals surface area contributed by atoms with Crippen molar-refractivity contribution in [3.05, 3.63) is 33.1 Å². The first kappa shape index (κ1) is 17.2. The zero-order valence-corrected chi connectivity index (χ0v) is 14.6. The molecule has 2 heterocycles. The molecular weight excluding hydrogens is 387 g/mol. The summed E-state index contributed by atoms with van der Waals surface area (Å²) in [5.41, 5.74) is 6.53. The Balaban J connectivity index is 2.25. The number of nitriles is 1. The molecule has 2 aromatic heterocycles. The van der Waals surface area contributed by atoms with E-state index in [2.05, 4.69) is 9.97 Å². The van der Waals surface area contributed by atoms with E-state index >= 15 is 0 Å². The average Bonchev–Trinajstić information content (AvgIpc) is 2.97. The van der Waals surface area contributed by atoms with Gasteiger partial charge in [0.15, 0.2) is 6.61 Å². The van der Waals surface area contributed by atoms with Gasteiger partial charge in [-0.25, -0.2) is 14.8 Å². The summed E-state index contributed by atoms with van der Waals surface area (Å²) in [4.78, 5) is 20.0. The van der Waals surface area contributed by atoms with Crippen LogP contribution in [0.2, 0.25) is 10.0 Å². The third kappa shape index (κ3) is 3.30. The third-order valence-corrected chi connectivity index (χ3v) is 4.81. The predicted molar refractivity (Wildman–Crippen MR) is 95.4 cm³/mol. The maximum Gasteiger partial charge on any atom is 0.345 e. The lowest BCUT2D eigenvalue weighted by Crippen LogP contribution is -1.98. The molecule has 0 aliphatic rings. The summed E-state index contributed by atoms with van der Waals surface area (Å²) in [7, 11) is 0. The number of hydrogen-bond acceptors (Lipinski definition) is 7. The van der Waals surface area contributed by atoms with E-state index in [4.69, 9.17) is 38.9 Å². The zero-order valence-electron chi connectivity index (χ0n) is 12.3. The second-order valence-electron chi connectivity index (χ2n) is 4.77. The van der Waals surface area contributed by atoms with Crippen molar-refractivity contribution >= 4 is 56.7 Å². The minimum Gasteiger partial charge on any atom is -0.477 e. The van der Waals surface area contributed by atoms with Crippen LogP contribution in [0.5, 0.6) is 5.75 Å². The van der Waals surface area contributed by atoms with Crippen LogP contribution < -0.4 is 10.5 Å². The van der Waals surface area contributed by atoms with Crippen LogP contribution in [0.25, 0.3) is 21.5 Å². The number of nitrogen functional groups attached to an aromatic ring is 1. The third-order valence-electron chi connectivity index (χ3n) is 3.19.